The summed E-state index contributed by atoms with van der Waals surface area (Å²) in [6, 6.07) is 11.0. The highest BCUT2D eigenvalue weighted by molar-refractivity contribution is 7.93. The molecule has 10 nitrogen and oxygen atoms in total. The Balaban J connectivity index is 1.41. The molecular weight excluding hydrogens is 551 g/mol. The van der Waals surface area contributed by atoms with Gasteiger partial charge in [0.15, 0.2) is 11.7 Å². The van der Waals surface area contributed by atoms with Crippen molar-refractivity contribution >= 4 is 66.7 Å². The minimum atomic E-state index is -3.82. The summed E-state index contributed by atoms with van der Waals surface area (Å²) < 4.78 is 37.8. The van der Waals surface area contributed by atoms with E-state index >= 15 is 0 Å². The number of amides is 2. The molecule has 0 aliphatic heterocycles. The zero-order valence-electron chi connectivity index (χ0n) is 19.1. The van der Waals surface area contributed by atoms with Crippen LogP contribution in [0.1, 0.15) is 11.3 Å². The average molecular weight is 573 g/mol. The molecule has 0 aliphatic carbocycles. The lowest BCUT2D eigenvalue weighted by Gasteiger charge is -2.09. The van der Waals surface area contributed by atoms with Gasteiger partial charge in [-0.3, -0.25) is 14.8 Å². The van der Waals surface area contributed by atoms with E-state index in [4.69, 9.17) is 32.7 Å². The number of ether oxygens (including phenoxy) is 2. The number of hydrogen-bond donors (Lipinski definition) is 3. The second kappa shape index (κ2) is 12.3. The van der Waals surface area contributed by atoms with E-state index < -0.39 is 22.0 Å². The molecule has 1 heterocycles. The Morgan fingerprint density at radius 3 is 2.50 bits per heavy atom. The highest BCUT2D eigenvalue weighted by Crippen LogP contribution is 2.30. The third-order valence-corrected chi connectivity index (χ3v) is 7.48. The number of anilines is 2. The van der Waals surface area contributed by atoms with Crippen molar-refractivity contribution in [1.82, 2.24) is 10.3 Å². The molecule has 0 radical (unpaired) electrons. The van der Waals surface area contributed by atoms with Gasteiger partial charge in [-0.2, -0.15) is 0 Å². The summed E-state index contributed by atoms with van der Waals surface area (Å²) in [5.74, 6) is -0.124. The molecule has 0 aliphatic rings. The number of hydrogen-bond acceptors (Lipinski definition) is 8. The van der Waals surface area contributed by atoms with E-state index in [2.05, 4.69) is 20.3 Å². The van der Waals surface area contributed by atoms with Gasteiger partial charge in [0.05, 0.1) is 22.2 Å². The van der Waals surface area contributed by atoms with Crippen LogP contribution in [0.2, 0.25) is 10.0 Å². The summed E-state index contributed by atoms with van der Waals surface area (Å²) in [7, 11) is -3.82. The van der Waals surface area contributed by atoms with Crippen LogP contribution in [-0.2, 0) is 19.6 Å². The van der Waals surface area contributed by atoms with Crippen LogP contribution in [0.15, 0.2) is 47.4 Å². The molecule has 3 rings (SSSR count). The van der Waals surface area contributed by atoms with Crippen LogP contribution in [0, 0.1) is 13.8 Å². The van der Waals surface area contributed by atoms with Crippen molar-refractivity contribution in [3.63, 3.8) is 0 Å². The third kappa shape index (κ3) is 7.98. The molecular formula is C22H22Cl2N4O6S2. The van der Waals surface area contributed by atoms with Crippen LogP contribution in [0.5, 0.6) is 5.75 Å². The Hall–Kier alpha value is -3.06. The molecule has 0 fully saturated rings. The highest BCUT2D eigenvalue weighted by atomic mass is 35.5. The number of thiazole rings is 1. The van der Waals surface area contributed by atoms with Gasteiger partial charge in [0.2, 0.25) is 0 Å². The molecule has 0 unspecified atom stereocenters. The summed E-state index contributed by atoms with van der Waals surface area (Å²) in [6.07, 6.45) is -0.784. The monoisotopic (exact) mass is 572 g/mol. The number of halogens is 2. The maximum absolute atomic E-state index is 12.5. The Kier molecular flexibility index (Phi) is 9.37. The number of nitrogens with zero attached hydrogens (tertiary/aromatic N) is 1. The van der Waals surface area contributed by atoms with E-state index in [1.165, 1.54) is 18.2 Å². The lowest BCUT2D eigenvalue weighted by atomic mass is 10.2. The number of nitrogens with one attached hydrogen (secondary N) is 3. The number of aryl methyl sites for hydroxylation is 2. The van der Waals surface area contributed by atoms with Crippen molar-refractivity contribution in [2.24, 2.45) is 0 Å². The van der Waals surface area contributed by atoms with Crippen molar-refractivity contribution in [3.8, 4) is 5.75 Å². The molecule has 0 bridgehead atoms. The number of sulfonamides is 1. The molecule has 0 saturated carbocycles. The lowest BCUT2D eigenvalue weighted by Crippen LogP contribution is -2.32. The van der Waals surface area contributed by atoms with E-state index in [0.717, 1.165) is 16.9 Å². The molecule has 14 heteroatoms. The van der Waals surface area contributed by atoms with Crippen LogP contribution in [0.25, 0.3) is 0 Å². The standard InChI is InChI=1S/C22H22Cl2N4O6S2/c1-13-3-6-16(7-4-13)36(31,32)28-21-26-14(2)20(35-21)27-22(30)33-10-9-25-19(29)12-34-18-8-5-15(23)11-17(18)24/h3-8,11H,9-10,12H2,1-2H3,(H,25,29)(H,26,28)(H,27,30). The van der Waals surface area contributed by atoms with Gasteiger partial charge in [-0.1, -0.05) is 52.2 Å². The Morgan fingerprint density at radius 2 is 1.81 bits per heavy atom. The van der Waals surface area contributed by atoms with Gasteiger partial charge in [0, 0.05) is 5.02 Å². The molecule has 2 amide bonds. The molecule has 3 aromatic rings. The van der Waals surface area contributed by atoms with E-state index in [-0.39, 0.29) is 34.8 Å². The zero-order chi connectivity index (χ0) is 26.3. The number of benzene rings is 2. The molecule has 0 spiro atoms. The zero-order valence-corrected chi connectivity index (χ0v) is 22.3. The van der Waals surface area contributed by atoms with Crippen LogP contribution in [0.4, 0.5) is 14.9 Å². The number of carbonyl (C=O) groups excluding carboxylic acids is 2. The van der Waals surface area contributed by atoms with Crippen molar-refractivity contribution in [1.29, 1.82) is 0 Å². The topological polar surface area (TPSA) is 136 Å². The normalized spacial score (nSPS) is 11.0. The minimum Gasteiger partial charge on any atom is -0.482 e. The summed E-state index contributed by atoms with van der Waals surface area (Å²) in [4.78, 5) is 28.2. The molecule has 0 saturated heterocycles. The fourth-order valence-corrected chi connectivity index (χ4v) is 5.25. The predicted octanol–water partition coefficient (Wildman–Crippen LogP) is 4.61. The Bertz CT molecular complexity index is 1350. The van der Waals surface area contributed by atoms with Gasteiger partial charge in [-0.15, -0.1) is 0 Å². The minimum absolute atomic E-state index is 0.0488. The van der Waals surface area contributed by atoms with E-state index in [0.29, 0.717) is 21.5 Å². The highest BCUT2D eigenvalue weighted by Gasteiger charge is 2.18. The second-order valence-electron chi connectivity index (χ2n) is 7.33. The smallest absolute Gasteiger partial charge is 0.412 e. The fourth-order valence-electron chi connectivity index (χ4n) is 2.70. The largest absolute Gasteiger partial charge is 0.482 e. The van der Waals surface area contributed by atoms with Crippen LogP contribution in [0.3, 0.4) is 0 Å². The molecule has 36 heavy (non-hydrogen) atoms. The van der Waals surface area contributed by atoms with Gasteiger partial charge in [-0.05, 0) is 44.2 Å². The average Bonchev–Trinajstić information content (AvgIpc) is 3.14. The Labute approximate surface area is 222 Å². The predicted molar refractivity (Wildman–Crippen MR) is 139 cm³/mol. The van der Waals surface area contributed by atoms with Gasteiger partial charge < -0.3 is 14.8 Å². The number of aromatic nitrogens is 1. The van der Waals surface area contributed by atoms with Crippen molar-refractivity contribution in [2.75, 3.05) is 29.8 Å². The maximum Gasteiger partial charge on any atom is 0.412 e. The summed E-state index contributed by atoms with van der Waals surface area (Å²) in [6.45, 7) is 3.13. The first-order chi connectivity index (χ1) is 17.0. The molecule has 2 aromatic carbocycles. The van der Waals surface area contributed by atoms with E-state index in [1.54, 1.807) is 31.2 Å². The first-order valence-electron chi connectivity index (χ1n) is 10.4. The van der Waals surface area contributed by atoms with Crippen molar-refractivity contribution in [2.45, 2.75) is 18.7 Å². The van der Waals surface area contributed by atoms with Gasteiger partial charge in [0.1, 0.15) is 17.4 Å². The Morgan fingerprint density at radius 1 is 1.08 bits per heavy atom. The lowest BCUT2D eigenvalue weighted by molar-refractivity contribution is -0.123. The summed E-state index contributed by atoms with van der Waals surface area (Å²) >= 11 is 12.7. The quantitative estimate of drug-likeness (QED) is 0.302. The fraction of sp³-hybridized carbons (Fsp3) is 0.227. The van der Waals surface area contributed by atoms with Crippen LogP contribution in [-0.4, -0.2) is 45.2 Å². The van der Waals surface area contributed by atoms with Crippen LogP contribution < -0.4 is 20.1 Å². The molecule has 192 valence electrons. The van der Waals surface area contributed by atoms with Crippen molar-refractivity contribution in [3.05, 3.63) is 63.8 Å². The number of carbonyl (C=O) groups is 2. The first-order valence-corrected chi connectivity index (χ1v) is 13.4. The van der Waals surface area contributed by atoms with E-state index in [9.17, 15) is 18.0 Å². The number of rotatable bonds is 10. The van der Waals surface area contributed by atoms with Gasteiger partial charge in [0.25, 0.3) is 15.9 Å². The maximum atomic E-state index is 12.5. The van der Waals surface area contributed by atoms with Gasteiger partial charge >= 0.3 is 6.09 Å². The molecule has 0 atom stereocenters. The first kappa shape index (κ1) is 27.5. The molecule has 3 N–H and O–H groups in total. The van der Waals surface area contributed by atoms with E-state index in [1.807, 2.05) is 6.92 Å². The second-order valence-corrected chi connectivity index (χ2v) is 10.9. The molecule has 1 aromatic heterocycles. The summed E-state index contributed by atoms with van der Waals surface area (Å²) in [5.41, 5.74) is 1.34. The summed E-state index contributed by atoms with van der Waals surface area (Å²) in [5, 5.41) is 6.18. The SMILES string of the molecule is Cc1ccc(S(=O)(=O)Nc2nc(C)c(NC(=O)OCCNC(=O)COc3ccc(Cl)cc3Cl)s2)cc1. The van der Waals surface area contributed by atoms with Gasteiger partial charge in [-0.25, -0.2) is 18.2 Å². The van der Waals surface area contributed by atoms with Crippen molar-refractivity contribution < 1.29 is 27.5 Å². The van der Waals surface area contributed by atoms with Crippen LogP contribution >= 0.6 is 34.5 Å². The third-order valence-electron chi connectivity index (χ3n) is 4.48.